The van der Waals surface area contributed by atoms with Crippen molar-refractivity contribution in [3.8, 4) is 5.75 Å². The van der Waals surface area contributed by atoms with Crippen molar-refractivity contribution in [1.82, 2.24) is 9.62 Å². The molecule has 0 fully saturated rings. The summed E-state index contributed by atoms with van der Waals surface area (Å²) in [6.07, 6.45) is 2.01. The van der Waals surface area contributed by atoms with Crippen LogP contribution in [0.15, 0.2) is 23.1 Å². The smallest absolute Gasteiger partial charge is 0.303 e. The molecule has 8 nitrogen and oxygen atoms in total. The highest BCUT2D eigenvalue weighted by Gasteiger charge is 2.26. The first kappa shape index (κ1) is 22.9. The third-order valence-electron chi connectivity index (χ3n) is 4.10. The number of ether oxygens (including phenoxy) is 1. The van der Waals surface area contributed by atoms with Crippen LogP contribution in [-0.4, -0.2) is 56.5 Å². The number of rotatable bonds is 12. The quantitative estimate of drug-likeness (QED) is 0.520. The van der Waals surface area contributed by atoms with Crippen LogP contribution in [0.5, 0.6) is 5.75 Å². The fourth-order valence-corrected chi connectivity index (χ4v) is 4.24. The number of hydrogen-bond donors (Lipinski definition) is 2. The number of hydrogen-bond acceptors (Lipinski definition) is 5. The summed E-state index contributed by atoms with van der Waals surface area (Å²) in [6, 6.07) is 4.31. The van der Waals surface area contributed by atoms with E-state index in [-0.39, 0.29) is 28.5 Å². The zero-order valence-corrected chi connectivity index (χ0v) is 16.8. The molecule has 1 aromatic carbocycles. The molecule has 0 heterocycles. The SMILES string of the molecule is CCN(CC)S(=O)(=O)c1cc(C(=O)NCCCCCC(=O)O)ccc1OC. The number of amides is 1. The lowest BCUT2D eigenvalue weighted by Crippen LogP contribution is -2.31. The van der Waals surface area contributed by atoms with Gasteiger partial charge in [0.05, 0.1) is 7.11 Å². The van der Waals surface area contributed by atoms with Crippen molar-refractivity contribution in [2.45, 2.75) is 44.4 Å². The van der Waals surface area contributed by atoms with Crippen molar-refractivity contribution in [2.75, 3.05) is 26.7 Å². The highest BCUT2D eigenvalue weighted by atomic mass is 32.2. The van der Waals surface area contributed by atoms with E-state index in [2.05, 4.69) is 5.32 Å². The van der Waals surface area contributed by atoms with Gasteiger partial charge in [-0.15, -0.1) is 0 Å². The summed E-state index contributed by atoms with van der Waals surface area (Å²) in [4.78, 5) is 22.7. The maximum atomic E-state index is 12.8. The number of benzene rings is 1. The van der Waals surface area contributed by atoms with Crippen LogP contribution < -0.4 is 10.1 Å². The first-order valence-corrected chi connectivity index (χ1v) is 10.4. The van der Waals surface area contributed by atoms with E-state index in [1.54, 1.807) is 13.8 Å². The fraction of sp³-hybridized carbons (Fsp3) is 0.556. The number of nitrogens with zero attached hydrogens (tertiary/aromatic N) is 1. The molecule has 1 rings (SSSR count). The lowest BCUT2D eigenvalue weighted by atomic mass is 10.1. The van der Waals surface area contributed by atoms with E-state index < -0.39 is 16.0 Å². The Balaban J connectivity index is 2.85. The van der Waals surface area contributed by atoms with Crippen LogP contribution >= 0.6 is 0 Å². The monoisotopic (exact) mass is 400 g/mol. The van der Waals surface area contributed by atoms with E-state index in [4.69, 9.17) is 9.84 Å². The second-order valence-electron chi connectivity index (χ2n) is 5.92. The van der Waals surface area contributed by atoms with Crippen LogP contribution in [0.1, 0.15) is 49.9 Å². The predicted octanol–water partition coefficient (Wildman–Crippen LogP) is 2.10. The maximum Gasteiger partial charge on any atom is 0.303 e. The lowest BCUT2D eigenvalue weighted by molar-refractivity contribution is -0.137. The van der Waals surface area contributed by atoms with E-state index in [9.17, 15) is 18.0 Å². The molecular formula is C18H28N2O6S. The number of carbonyl (C=O) groups excluding carboxylic acids is 1. The molecule has 0 bridgehead atoms. The van der Waals surface area contributed by atoms with Gasteiger partial charge >= 0.3 is 5.97 Å². The summed E-state index contributed by atoms with van der Waals surface area (Å²) in [7, 11) is -2.39. The van der Waals surface area contributed by atoms with Gasteiger partial charge in [-0.25, -0.2) is 8.42 Å². The van der Waals surface area contributed by atoms with Crippen LogP contribution in [-0.2, 0) is 14.8 Å². The average Bonchev–Trinajstić information content (AvgIpc) is 2.64. The number of carbonyl (C=O) groups is 2. The molecule has 152 valence electrons. The van der Waals surface area contributed by atoms with Crippen molar-refractivity contribution in [3.05, 3.63) is 23.8 Å². The second kappa shape index (κ2) is 10.9. The number of sulfonamides is 1. The highest BCUT2D eigenvalue weighted by Crippen LogP contribution is 2.27. The molecule has 0 saturated carbocycles. The van der Waals surface area contributed by atoms with Crippen LogP contribution in [0.2, 0.25) is 0 Å². The standard InChI is InChI=1S/C18H28N2O6S/c1-4-20(5-2)27(24,25)16-13-14(10-11-15(16)26-3)18(23)19-12-8-6-7-9-17(21)22/h10-11,13H,4-9,12H2,1-3H3,(H,19,23)(H,21,22). The topological polar surface area (TPSA) is 113 Å². The molecule has 0 atom stereocenters. The van der Waals surface area contributed by atoms with Gasteiger partial charge in [-0.1, -0.05) is 20.3 Å². The van der Waals surface area contributed by atoms with Gasteiger partial charge in [0.2, 0.25) is 10.0 Å². The molecule has 9 heteroatoms. The van der Waals surface area contributed by atoms with Crippen molar-refractivity contribution < 1.29 is 27.9 Å². The molecular weight excluding hydrogens is 372 g/mol. The predicted molar refractivity (Wildman–Crippen MR) is 102 cm³/mol. The van der Waals surface area contributed by atoms with Gasteiger partial charge in [0.15, 0.2) is 0 Å². The molecule has 0 aromatic heterocycles. The molecule has 0 spiro atoms. The van der Waals surface area contributed by atoms with Gasteiger partial charge in [0, 0.05) is 31.6 Å². The number of carboxylic acid groups (broad SMARTS) is 1. The maximum absolute atomic E-state index is 12.8. The second-order valence-corrected chi connectivity index (χ2v) is 7.82. The van der Waals surface area contributed by atoms with Gasteiger partial charge < -0.3 is 15.2 Å². The minimum atomic E-state index is -3.77. The number of methoxy groups -OCH3 is 1. The van der Waals surface area contributed by atoms with Gasteiger partial charge in [0.1, 0.15) is 10.6 Å². The van der Waals surface area contributed by atoms with Crippen molar-refractivity contribution in [3.63, 3.8) is 0 Å². The number of nitrogens with one attached hydrogen (secondary N) is 1. The van der Waals surface area contributed by atoms with Crippen LogP contribution in [0.3, 0.4) is 0 Å². The van der Waals surface area contributed by atoms with Crippen LogP contribution in [0, 0.1) is 0 Å². The summed E-state index contributed by atoms with van der Waals surface area (Å²) in [5.74, 6) is -1.03. The van der Waals surface area contributed by atoms with Gasteiger partial charge in [0.25, 0.3) is 5.91 Å². The van der Waals surface area contributed by atoms with E-state index in [1.807, 2.05) is 0 Å². The molecule has 0 aliphatic rings. The first-order valence-electron chi connectivity index (χ1n) is 8.96. The summed E-state index contributed by atoms with van der Waals surface area (Å²) >= 11 is 0. The van der Waals surface area contributed by atoms with Gasteiger partial charge in [-0.3, -0.25) is 9.59 Å². The third kappa shape index (κ3) is 6.51. The Labute approximate surface area is 160 Å². The summed E-state index contributed by atoms with van der Waals surface area (Å²) < 4.78 is 32.1. The minimum absolute atomic E-state index is 0.0391. The van der Waals surface area contributed by atoms with E-state index in [1.165, 1.54) is 29.6 Å². The van der Waals surface area contributed by atoms with Gasteiger partial charge in [-0.2, -0.15) is 4.31 Å². The van der Waals surface area contributed by atoms with Gasteiger partial charge in [-0.05, 0) is 31.0 Å². The van der Waals surface area contributed by atoms with E-state index in [0.717, 1.165) is 0 Å². The highest BCUT2D eigenvalue weighted by molar-refractivity contribution is 7.89. The fourth-order valence-electron chi connectivity index (χ4n) is 2.60. The summed E-state index contributed by atoms with van der Waals surface area (Å²) in [5, 5.41) is 11.3. The zero-order valence-electron chi connectivity index (χ0n) is 16.0. The first-order chi connectivity index (χ1) is 12.8. The summed E-state index contributed by atoms with van der Waals surface area (Å²) in [6.45, 7) is 4.51. The Morgan fingerprint density at radius 1 is 1.15 bits per heavy atom. The Hall–Kier alpha value is -2.13. The molecule has 1 amide bonds. The molecule has 27 heavy (non-hydrogen) atoms. The van der Waals surface area contributed by atoms with Crippen LogP contribution in [0.25, 0.3) is 0 Å². The van der Waals surface area contributed by atoms with Crippen LogP contribution in [0.4, 0.5) is 0 Å². The van der Waals surface area contributed by atoms with Crippen molar-refractivity contribution >= 4 is 21.9 Å². The molecule has 1 aromatic rings. The molecule has 0 radical (unpaired) electrons. The van der Waals surface area contributed by atoms with E-state index >= 15 is 0 Å². The number of unbranched alkanes of at least 4 members (excludes halogenated alkanes) is 2. The average molecular weight is 400 g/mol. The number of aliphatic carboxylic acids is 1. The zero-order chi connectivity index (χ0) is 20.4. The molecule has 2 N–H and O–H groups in total. The normalized spacial score (nSPS) is 11.4. The number of carboxylic acids is 1. The molecule has 0 aliphatic carbocycles. The Bertz CT molecular complexity index is 744. The van der Waals surface area contributed by atoms with Crippen molar-refractivity contribution in [1.29, 1.82) is 0 Å². The van der Waals surface area contributed by atoms with Crippen molar-refractivity contribution in [2.24, 2.45) is 0 Å². The molecule has 0 saturated heterocycles. The Morgan fingerprint density at radius 3 is 2.37 bits per heavy atom. The molecule has 0 aliphatic heterocycles. The largest absolute Gasteiger partial charge is 0.495 e. The Morgan fingerprint density at radius 2 is 1.81 bits per heavy atom. The Kier molecular flexibility index (Phi) is 9.23. The third-order valence-corrected chi connectivity index (χ3v) is 6.17. The minimum Gasteiger partial charge on any atom is -0.495 e. The van der Waals surface area contributed by atoms with E-state index in [0.29, 0.717) is 38.9 Å². The molecule has 0 unspecified atom stereocenters. The summed E-state index contributed by atoms with van der Waals surface area (Å²) in [5.41, 5.74) is 0.229. The lowest BCUT2D eigenvalue weighted by Gasteiger charge is -2.20.